The second-order valence-corrected chi connectivity index (χ2v) is 17.7. The molecule has 12 nitrogen and oxygen atoms in total. The Balaban J connectivity index is 0.000000896. The zero-order valence-electron chi connectivity index (χ0n) is 34.1. The van der Waals surface area contributed by atoms with Crippen LogP contribution < -0.4 is 35.0 Å². The minimum Gasteiger partial charge on any atom is -0.770 e. The van der Waals surface area contributed by atoms with Gasteiger partial charge < -0.3 is 37.8 Å². The first-order valence-electron chi connectivity index (χ1n) is 19.3. The van der Waals surface area contributed by atoms with Crippen LogP contribution in [0.3, 0.4) is 0 Å². The number of benzene rings is 4. The van der Waals surface area contributed by atoms with Crippen molar-refractivity contribution in [2.45, 2.75) is 58.2 Å². The van der Waals surface area contributed by atoms with Gasteiger partial charge in [0, 0.05) is 23.2 Å². The number of ether oxygens (including phenoxy) is 4. The molecule has 6 rings (SSSR count). The zero-order valence-corrected chi connectivity index (χ0v) is 38.1. The molecule has 60 heavy (non-hydrogen) atoms. The fraction of sp³-hybridized carbons (Fsp3) is 0.349. The van der Waals surface area contributed by atoms with Gasteiger partial charge >= 0.3 is 5.69 Å². The maximum Gasteiger partial charge on any atom is 0.330 e. The Kier molecular flexibility index (Phi) is 16.9. The topological polar surface area (TPSA) is 138 Å². The van der Waals surface area contributed by atoms with Gasteiger partial charge in [0.15, 0.2) is 12.5 Å². The van der Waals surface area contributed by atoms with Crippen molar-refractivity contribution in [2.24, 2.45) is 0 Å². The van der Waals surface area contributed by atoms with E-state index in [0.717, 1.165) is 16.7 Å². The van der Waals surface area contributed by atoms with E-state index in [0.29, 0.717) is 11.5 Å². The molecule has 1 fully saturated rings. The van der Waals surface area contributed by atoms with Gasteiger partial charge in [0.05, 0.1) is 56.6 Å². The van der Waals surface area contributed by atoms with Crippen molar-refractivity contribution < 1.29 is 37.8 Å². The lowest BCUT2D eigenvalue weighted by Gasteiger charge is -2.38. The zero-order chi connectivity index (χ0) is 43.6. The van der Waals surface area contributed by atoms with E-state index in [1.165, 1.54) is 42.5 Å². The molecule has 0 bridgehead atoms. The molecule has 1 aliphatic rings. The third-order valence-electron chi connectivity index (χ3n) is 10.2. The number of hydrogen-bond acceptors (Lipinski definition) is 10. The van der Waals surface area contributed by atoms with Crippen molar-refractivity contribution in [2.75, 3.05) is 40.5 Å². The highest BCUT2D eigenvalue weighted by molar-refractivity contribution is 8.06. The van der Waals surface area contributed by atoms with Crippen LogP contribution in [0.25, 0.3) is 0 Å². The van der Waals surface area contributed by atoms with Crippen molar-refractivity contribution in [1.82, 2.24) is 9.55 Å². The largest absolute Gasteiger partial charge is 0.770 e. The second kappa shape index (κ2) is 21.4. The van der Waals surface area contributed by atoms with Crippen LogP contribution in [-0.2, 0) is 31.4 Å². The first-order valence-corrected chi connectivity index (χ1v) is 23.0. The van der Waals surface area contributed by atoms with Gasteiger partial charge in [-0.1, -0.05) is 89.4 Å². The predicted octanol–water partition coefficient (Wildman–Crippen LogP) is 7.10. The minimum atomic E-state index is -4.41. The van der Waals surface area contributed by atoms with E-state index in [1.54, 1.807) is 26.0 Å². The van der Waals surface area contributed by atoms with Crippen LogP contribution in [0.2, 0.25) is 15.1 Å². The summed E-state index contributed by atoms with van der Waals surface area (Å²) in [5.74, 6) is 1.11. The molecule has 1 aliphatic heterocycles. The summed E-state index contributed by atoms with van der Waals surface area (Å²) in [6.45, 7) is 7.45. The summed E-state index contributed by atoms with van der Waals surface area (Å²) >= 11 is 24.0. The SMILES string of the molecule is CC[NH+](CC)CC.COc1ccc(C(OC[C@H]2O[C@@H](n3cc(C)c(=O)[nH]c3=O)C[C@@H]2OP([O-])(=S)Oc2c(Cl)cc(Cl)cc2Cl)(c2ccccc2)c2ccc(OC)cc2)cc1. The van der Waals surface area contributed by atoms with Crippen LogP contribution in [0.15, 0.2) is 107 Å². The molecule has 0 aliphatic carbocycles. The highest BCUT2D eigenvalue weighted by Crippen LogP contribution is 2.50. The third-order valence-corrected chi connectivity index (χ3v) is 12.4. The van der Waals surface area contributed by atoms with Crippen molar-refractivity contribution in [3.8, 4) is 17.2 Å². The fourth-order valence-electron chi connectivity index (χ4n) is 6.88. The van der Waals surface area contributed by atoms with Crippen molar-refractivity contribution in [1.29, 1.82) is 0 Å². The Labute approximate surface area is 370 Å². The first kappa shape index (κ1) is 47.3. The molecule has 4 aromatic carbocycles. The predicted molar refractivity (Wildman–Crippen MR) is 237 cm³/mol. The Morgan fingerprint density at radius 2 is 1.38 bits per heavy atom. The van der Waals surface area contributed by atoms with E-state index < -0.39 is 42.0 Å². The molecule has 2 N–H and O–H groups in total. The molecule has 5 aromatic rings. The quantitative estimate of drug-likeness (QED) is 0.0780. The smallest absolute Gasteiger partial charge is 0.330 e. The third kappa shape index (κ3) is 11.4. The normalized spacial score (nSPS) is 17.4. The molecule has 1 saturated heterocycles. The van der Waals surface area contributed by atoms with Gasteiger partial charge in [-0.05, 0) is 92.6 Å². The summed E-state index contributed by atoms with van der Waals surface area (Å²) < 4.78 is 37.2. The van der Waals surface area contributed by atoms with Crippen molar-refractivity contribution >= 4 is 53.3 Å². The molecule has 1 unspecified atom stereocenters. The number of H-pyrrole nitrogens is 1. The molecule has 4 atom stereocenters. The summed E-state index contributed by atoms with van der Waals surface area (Å²) in [5, 5.41) is 0.172. The number of quaternary nitrogens is 1. The summed E-state index contributed by atoms with van der Waals surface area (Å²) in [6.07, 6.45) is -1.69. The second-order valence-electron chi connectivity index (χ2n) is 13.9. The van der Waals surface area contributed by atoms with Gasteiger partial charge in [0.1, 0.15) is 29.4 Å². The van der Waals surface area contributed by atoms with E-state index in [4.69, 9.17) is 74.6 Å². The lowest BCUT2D eigenvalue weighted by atomic mass is 9.80. The summed E-state index contributed by atoms with van der Waals surface area (Å²) in [7, 11) is 3.16. The minimum absolute atomic E-state index is 0.0292. The van der Waals surface area contributed by atoms with Gasteiger partial charge in [-0.3, -0.25) is 14.3 Å². The number of nitrogens with zero attached hydrogens (tertiary/aromatic N) is 1. The van der Waals surface area contributed by atoms with Crippen LogP contribution in [0.1, 0.15) is 55.7 Å². The van der Waals surface area contributed by atoms with Crippen LogP contribution in [0.4, 0.5) is 0 Å². The van der Waals surface area contributed by atoms with E-state index in [1.807, 2.05) is 78.9 Å². The van der Waals surface area contributed by atoms with Gasteiger partial charge in [0.25, 0.3) is 5.56 Å². The van der Waals surface area contributed by atoms with E-state index in [2.05, 4.69) is 25.8 Å². The lowest BCUT2D eigenvalue weighted by molar-refractivity contribution is -0.894. The number of aryl methyl sites for hydroxylation is 1. The lowest BCUT2D eigenvalue weighted by Crippen LogP contribution is -3.11. The average Bonchev–Trinajstić information content (AvgIpc) is 3.63. The average molecular weight is 921 g/mol. The monoisotopic (exact) mass is 919 g/mol. The van der Waals surface area contributed by atoms with E-state index in [-0.39, 0.29) is 39.4 Å². The van der Waals surface area contributed by atoms with Crippen LogP contribution in [0.5, 0.6) is 17.2 Å². The molecule has 0 amide bonds. The van der Waals surface area contributed by atoms with Gasteiger partial charge in [0.2, 0.25) is 0 Å². The first-order chi connectivity index (χ1) is 28.7. The molecular formula is C43H49Cl3N3O9PS. The molecular weight excluding hydrogens is 872 g/mol. The molecule has 322 valence electrons. The molecule has 1 aromatic heterocycles. The number of halogens is 3. The van der Waals surface area contributed by atoms with Crippen molar-refractivity contribution in [3.05, 3.63) is 155 Å². The van der Waals surface area contributed by atoms with E-state index in [9.17, 15) is 14.5 Å². The fourth-order valence-corrected chi connectivity index (χ4v) is 9.45. The number of hydrogen-bond donors (Lipinski definition) is 2. The maximum atomic E-state index is 13.9. The molecule has 0 saturated carbocycles. The van der Waals surface area contributed by atoms with Gasteiger partial charge in [-0.2, -0.15) is 0 Å². The highest BCUT2D eigenvalue weighted by Gasteiger charge is 2.44. The Bertz CT molecular complexity index is 2270. The van der Waals surface area contributed by atoms with Gasteiger partial charge in [-0.25, -0.2) is 4.79 Å². The summed E-state index contributed by atoms with van der Waals surface area (Å²) in [4.78, 5) is 43.0. The molecule has 0 radical (unpaired) electrons. The number of methoxy groups -OCH3 is 2. The van der Waals surface area contributed by atoms with Crippen LogP contribution >= 0.6 is 41.5 Å². The Morgan fingerprint density at radius 3 is 1.87 bits per heavy atom. The standard InChI is InChI=1S/C37H34Cl3N2O9PS.C6H15N/c1-22-20-42(36(44)41-35(22)43)33-19-31(50-52(45,53)51-34-29(39)17-26(38)18-30(34)40)32(49-33)21-48-37(23-7-5-4-6-8-23,24-9-13-27(46-2)14-10-24)25-11-15-28(47-3)16-12-25;1-4-7(5-2)6-3/h4-18,20,31-33H,19,21H2,1-3H3,(H,45,53)(H,41,43,44);4-6H2,1-3H3/t31-,32+,33+,52?;/m0./s1. The number of rotatable bonds is 16. The maximum absolute atomic E-state index is 13.9. The van der Waals surface area contributed by atoms with E-state index >= 15 is 0 Å². The summed E-state index contributed by atoms with van der Waals surface area (Å²) in [5.41, 5.74) is 0.0468. The molecule has 2 heterocycles. The molecule has 17 heteroatoms. The molecule has 0 spiro atoms. The number of aromatic amines is 1. The van der Waals surface area contributed by atoms with Crippen LogP contribution in [-0.4, -0.2) is 62.2 Å². The number of aromatic nitrogens is 2. The van der Waals surface area contributed by atoms with Crippen molar-refractivity contribution in [3.63, 3.8) is 0 Å². The summed E-state index contributed by atoms with van der Waals surface area (Å²) in [6, 6.07) is 27.2. The highest BCUT2D eigenvalue weighted by atomic mass is 35.5. The Morgan fingerprint density at radius 1 is 0.867 bits per heavy atom. The van der Waals surface area contributed by atoms with Crippen LogP contribution in [0, 0.1) is 6.92 Å². The number of nitrogens with one attached hydrogen (secondary N) is 2. The Hall–Kier alpha value is -3.72. The van der Waals surface area contributed by atoms with Gasteiger partial charge in [-0.15, -0.1) is 0 Å².